The first kappa shape index (κ1) is 21.1. The van der Waals surface area contributed by atoms with Crippen LogP contribution in [0.25, 0.3) is 11.5 Å². The van der Waals surface area contributed by atoms with Crippen LogP contribution in [0.2, 0.25) is 0 Å². The zero-order valence-corrected chi connectivity index (χ0v) is 18.4. The molecule has 0 saturated heterocycles. The third kappa shape index (κ3) is 5.68. The maximum atomic E-state index is 12.3. The summed E-state index contributed by atoms with van der Waals surface area (Å²) in [6, 6.07) is 12.5. The van der Waals surface area contributed by atoms with Gasteiger partial charge in [-0.3, -0.25) is 10.1 Å². The summed E-state index contributed by atoms with van der Waals surface area (Å²) in [5, 5.41) is 12.6. The van der Waals surface area contributed by atoms with Crippen LogP contribution >= 0.6 is 27.7 Å². The van der Waals surface area contributed by atoms with Gasteiger partial charge >= 0.3 is 6.03 Å². The lowest BCUT2D eigenvalue weighted by molar-refractivity contribution is -0.119. The van der Waals surface area contributed by atoms with Gasteiger partial charge in [0.25, 0.3) is 5.22 Å². The lowest BCUT2D eigenvalue weighted by atomic mass is 10.1. The van der Waals surface area contributed by atoms with E-state index in [1.807, 2.05) is 50.2 Å². The van der Waals surface area contributed by atoms with Gasteiger partial charge in [-0.1, -0.05) is 51.5 Å². The number of aromatic nitrogens is 2. The van der Waals surface area contributed by atoms with E-state index in [1.165, 1.54) is 0 Å². The van der Waals surface area contributed by atoms with E-state index in [9.17, 15) is 9.59 Å². The van der Waals surface area contributed by atoms with Gasteiger partial charge in [0.2, 0.25) is 11.8 Å². The molecular formula is C20H19BrN4O3S. The first-order valence-electron chi connectivity index (χ1n) is 8.77. The summed E-state index contributed by atoms with van der Waals surface area (Å²) in [6.45, 7) is 5.52. The first-order chi connectivity index (χ1) is 13.8. The number of carbonyl (C=O) groups is 2. The fourth-order valence-corrected chi connectivity index (χ4v) is 3.60. The number of hydrogen-bond acceptors (Lipinski definition) is 6. The average Bonchev–Trinajstić information content (AvgIpc) is 3.12. The third-order valence-corrected chi connectivity index (χ3v) is 5.42. The smallest absolute Gasteiger partial charge is 0.325 e. The van der Waals surface area contributed by atoms with Gasteiger partial charge < -0.3 is 9.73 Å². The molecular weight excluding hydrogens is 456 g/mol. The van der Waals surface area contributed by atoms with E-state index in [0.717, 1.165) is 32.9 Å². The first-order valence-corrected chi connectivity index (χ1v) is 10.4. The normalized spacial score (nSPS) is 11.7. The highest BCUT2D eigenvalue weighted by Gasteiger charge is 2.21. The van der Waals surface area contributed by atoms with Crippen LogP contribution in [0.1, 0.15) is 18.1 Å². The molecule has 0 spiro atoms. The Morgan fingerprint density at radius 1 is 1.14 bits per heavy atom. The molecule has 7 nitrogen and oxygen atoms in total. The summed E-state index contributed by atoms with van der Waals surface area (Å²) in [5.41, 5.74) is 3.43. The van der Waals surface area contributed by atoms with Crippen molar-refractivity contribution in [1.82, 2.24) is 15.5 Å². The molecule has 0 aliphatic carbocycles. The van der Waals surface area contributed by atoms with Crippen molar-refractivity contribution in [2.45, 2.75) is 31.2 Å². The van der Waals surface area contributed by atoms with Crippen LogP contribution in [0.5, 0.6) is 0 Å². The fraction of sp³-hybridized carbons (Fsp3) is 0.200. The topological polar surface area (TPSA) is 97.1 Å². The molecule has 2 N–H and O–H groups in total. The van der Waals surface area contributed by atoms with E-state index in [1.54, 1.807) is 13.0 Å². The van der Waals surface area contributed by atoms with Crippen LogP contribution in [0.4, 0.5) is 10.5 Å². The number of urea groups is 1. The molecule has 0 saturated carbocycles. The molecule has 9 heteroatoms. The number of anilines is 1. The van der Waals surface area contributed by atoms with Gasteiger partial charge in [0.15, 0.2) is 0 Å². The van der Waals surface area contributed by atoms with Crippen LogP contribution < -0.4 is 10.6 Å². The van der Waals surface area contributed by atoms with Crippen LogP contribution in [0.15, 0.2) is 56.6 Å². The number of rotatable bonds is 5. The number of aryl methyl sites for hydroxylation is 2. The Morgan fingerprint density at radius 3 is 2.66 bits per heavy atom. The van der Waals surface area contributed by atoms with E-state index in [4.69, 9.17) is 4.42 Å². The number of nitrogens with zero attached hydrogens (tertiary/aromatic N) is 2. The van der Waals surface area contributed by atoms with Crippen molar-refractivity contribution in [2.75, 3.05) is 5.32 Å². The van der Waals surface area contributed by atoms with Gasteiger partial charge in [-0.25, -0.2) is 4.79 Å². The number of amides is 3. The number of imide groups is 1. The van der Waals surface area contributed by atoms with Gasteiger partial charge in [-0.15, -0.1) is 10.2 Å². The summed E-state index contributed by atoms with van der Waals surface area (Å²) in [4.78, 5) is 24.4. The Hall–Kier alpha value is -2.65. The van der Waals surface area contributed by atoms with E-state index >= 15 is 0 Å². The molecule has 0 radical (unpaired) electrons. The quantitative estimate of drug-likeness (QED) is 0.507. The molecule has 1 atom stereocenters. The minimum atomic E-state index is -0.601. The molecule has 0 bridgehead atoms. The highest BCUT2D eigenvalue weighted by molar-refractivity contribution is 9.10. The standard InChI is InChI=1S/C20H19BrN4O3S/c1-11-7-8-16(12(2)9-11)22-19(27)23-17(26)13(3)29-20-25-24-18(28-20)14-5-4-6-15(21)10-14/h4-10,13H,1-3H3,(H2,22,23,26,27). The molecule has 2 aromatic carbocycles. The molecule has 3 aromatic rings. The highest BCUT2D eigenvalue weighted by atomic mass is 79.9. The summed E-state index contributed by atoms with van der Waals surface area (Å²) >= 11 is 4.47. The molecule has 0 aliphatic rings. The lowest BCUT2D eigenvalue weighted by Crippen LogP contribution is -2.39. The van der Waals surface area contributed by atoms with E-state index < -0.39 is 17.2 Å². The molecule has 1 aromatic heterocycles. The number of thioether (sulfide) groups is 1. The zero-order valence-electron chi connectivity index (χ0n) is 16.0. The third-order valence-electron chi connectivity index (χ3n) is 3.99. The van der Waals surface area contributed by atoms with Gasteiger partial charge in [0.05, 0.1) is 5.25 Å². The van der Waals surface area contributed by atoms with Gasteiger partial charge in [-0.2, -0.15) is 0 Å². The molecule has 1 unspecified atom stereocenters. The molecule has 0 fully saturated rings. The molecule has 150 valence electrons. The number of halogens is 1. The van der Waals surface area contributed by atoms with Crippen LogP contribution in [0, 0.1) is 13.8 Å². The van der Waals surface area contributed by atoms with Gasteiger partial charge in [0, 0.05) is 15.7 Å². The molecule has 3 rings (SSSR count). The van der Waals surface area contributed by atoms with Crippen LogP contribution in [-0.4, -0.2) is 27.4 Å². The van der Waals surface area contributed by atoms with E-state index in [0.29, 0.717) is 11.6 Å². The van der Waals surface area contributed by atoms with Crippen molar-refractivity contribution in [3.05, 3.63) is 58.1 Å². The Labute approximate surface area is 180 Å². The maximum Gasteiger partial charge on any atom is 0.325 e. The molecule has 1 heterocycles. The Bertz CT molecular complexity index is 1050. The predicted octanol–water partition coefficient (Wildman–Crippen LogP) is 4.94. The van der Waals surface area contributed by atoms with E-state index in [-0.39, 0.29) is 5.22 Å². The van der Waals surface area contributed by atoms with Crippen LogP contribution in [-0.2, 0) is 4.79 Å². The number of nitrogens with one attached hydrogen (secondary N) is 2. The SMILES string of the molecule is Cc1ccc(NC(=O)NC(=O)C(C)Sc2nnc(-c3cccc(Br)c3)o2)c(C)c1. The summed E-state index contributed by atoms with van der Waals surface area (Å²) in [7, 11) is 0. The second-order valence-electron chi connectivity index (χ2n) is 6.41. The Balaban J connectivity index is 1.57. The largest absolute Gasteiger partial charge is 0.411 e. The average molecular weight is 475 g/mol. The second kappa shape index (κ2) is 9.23. The monoisotopic (exact) mass is 474 g/mol. The highest BCUT2D eigenvalue weighted by Crippen LogP contribution is 2.27. The van der Waals surface area contributed by atoms with Gasteiger partial charge in [-0.05, 0) is 50.6 Å². The predicted molar refractivity (Wildman–Crippen MR) is 116 cm³/mol. The zero-order chi connectivity index (χ0) is 21.0. The molecule has 3 amide bonds. The summed E-state index contributed by atoms with van der Waals surface area (Å²) in [5.74, 6) is -0.103. The number of carbonyl (C=O) groups excluding carboxylic acids is 2. The molecule has 29 heavy (non-hydrogen) atoms. The Morgan fingerprint density at radius 2 is 1.93 bits per heavy atom. The van der Waals surface area contributed by atoms with Crippen molar-refractivity contribution in [2.24, 2.45) is 0 Å². The maximum absolute atomic E-state index is 12.3. The Kier molecular flexibility index (Phi) is 6.71. The minimum absolute atomic E-state index is 0.248. The second-order valence-corrected chi connectivity index (χ2v) is 8.61. The van der Waals surface area contributed by atoms with E-state index in [2.05, 4.69) is 36.8 Å². The number of benzene rings is 2. The fourth-order valence-electron chi connectivity index (χ4n) is 2.52. The van der Waals surface area contributed by atoms with Crippen molar-refractivity contribution < 1.29 is 14.0 Å². The number of hydrogen-bond donors (Lipinski definition) is 2. The van der Waals surface area contributed by atoms with Crippen LogP contribution in [0.3, 0.4) is 0 Å². The molecule has 0 aliphatic heterocycles. The van der Waals surface area contributed by atoms with Crippen molar-refractivity contribution in [3.8, 4) is 11.5 Å². The van der Waals surface area contributed by atoms with Gasteiger partial charge in [0.1, 0.15) is 0 Å². The minimum Gasteiger partial charge on any atom is -0.411 e. The summed E-state index contributed by atoms with van der Waals surface area (Å²) < 4.78 is 6.51. The lowest BCUT2D eigenvalue weighted by Gasteiger charge is -2.12. The van der Waals surface area contributed by atoms with Crippen molar-refractivity contribution in [3.63, 3.8) is 0 Å². The van der Waals surface area contributed by atoms with Crippen molar-refractivity contribution in [1.29, 1.82) is 0 Å². The van der Waals surface area contributed by atoms with Crippen molar-refractivity contribution >= 4 is 45.3 Å². The summed E-state index contributed by atoms with van der Waals surface area (Å²) in [6.07, 6.45) is 0.